The van der Waals surface area contributed by atoms with E-state index in [9.17, 15) is 4.79 Å². The number of hydrogen-bond acceptors (Lipinski definition) is 3. The maximum Gasteiger partial charge on any atom is 0.262 e. The van der Waals surface area contributed by atoms with E-state index in [0.717, 1.165) is 22.4 Å². The van der Waals surface area contributed by atoms with Crippen LogP contribution in [0.5, 0.6) is 11.5 Å². The Hall–Kier alpha value is -2.98. The summed E-state index contributed by atoms with van der Waals surface area (Å²) in [5.74, 6) is 1.33. The molecule has 28 heavy (non-hydrogen) atoms. The molecule has 0 unspecified atom stereocenters. The lowest BCUT2D eigenvalue weighted by Crippen LogP contribution is -2.40. The van der Waals surface area contributed by atoms with Crippen LogP contribution in [0.4, 0.5) is 0 Å². The van der Waals surface area contributed by atoms with Crippen molar-refractivity contribution in [3.63, 3.8) is 0 Å². The number of carbonyl (C=O) groups is 1. The van der Waals surface area contributed by atoms with E-state index in [1.807, 2.05) is 66.7 Å². The van der Waals surface area contributed by atoms with Crippen LogP contribution in [0.1, 0.15) is 22.7 Å². The third-order valence-electron chi connectivity index (χ3n) is 4.86. The van der Waals surface area contributed by atoms with E-state index in [-0.39, 0.29) is 11.9 Å². The van der Waals surface area contributed by atoms with Crippen LogP contribution in [-0.2, 0) is 11.2 Å². The second kappa shape index (κ2) is 7.95. The number of methoxy groups -OCH3 is 1. The van der Waals surface area contributed by atoms with Crippen molar-refractivity contribution in [3.8, 4) is 11.5 Å². The minimum Gasteiger partial charge on any atom is -0.497 e. The average molecular weight is 394 g/mol. The van der Waals surface area contributed by atoms with E-state index in [2.05, 4.69) is 5.32 Å². The Morgan fingerprint density at radius 3 is 2.50 bits per heavy atom. The van der Waals surface area contributed by atoms with Crippen LogP contribution in [0.25, 0.3) is 0 Å². The average Bonchev–Trinajstić information content (AvgIpc) is 3.16. The molecule has 1 heterocycles. The van der Waals surface area contributed by atoms with Gasteiger partial charge in [0.15, 0.2) is 6.10 Å². The van der Waals surface area contributed by atoms with Crippen molar-refractivity contribution in [2.75, 3.05) is 7.11 Å². The zero-order valence-corrected chi connectivity index (χ0v) is 16.1. The molecule has 3 aromatic carbocycles. The fraction of sp³-hybridized carbons (Fsp3) is 0.174. The number of carbonyl (C=O) groups excluding carboxylic acids is 1. The van der Waals surface area contributed by atoms with Crippen molar-refractivity contribution >= 4 is 17.5 Å². The normalized spacial score (nSPS) is 16.0. The largest absolute Gasteiger partial charge is 0.497 e. The number of rotatable bonds is 5. The summed E-state index contributed by atoms with van der Waals surface area (Å²) in [6, 6.07) is 22.7. The maximum atomic E-state index is 13.0. The molecule has 1 N–H and O–H groups in total. The van der Waals surface area contributed by atoms with Crippen LogP contribution >= 0.6 is 11.6 Å². The third-order valence-corrected chi connectivity index (χ3v) is 5.09. The Morgan fingerprint density at radius 2 is 1.79 bits per heavy atom. The number of amides is 1. The molecule has 0 aliphatic carbocycles. The summed E-state index contributed by atoms with van der Waals surface area (Å²) in [5, 5.41) is 3.78. The van der Waals surface area contributed by atoms with Crippen molar-refractivity contribution in [1.29, 1.82) is 0 Å². The molecule has 0 radical (unpaired) electrons. The number of nitrogens with one attached hydrogen (secondary N) is 1. The van der Waals surface area contributed by atoms with Gasteiger partial charge in [0.1, 0.15) is 11.5 Å². The molecule has 0 saturated heterocycles. The van der Waals surface area contributed by atoms with Gasteiger partial charge in [-0.15, -0.1) is 0 Å². The standard InChI is InChI=1S/C23H20ClNO3/c1-27-19-10-7-16(8-11-19)22(15-5-3-2-4-6-15)25-23(26)21-14-17-13-18(24)9-12-20(17)28-21/h2-13,21-22H,14H2,1H3,(H,25,26)/t21-,22+/m0/s1. The first-order valence-corrected chi connectivity index (χ1v) is 9.46. The summed E-state index contributed by atoms with van der Waals surface area (Å²) in [4.78, 5) is 13.0. The highest BCUT2D eigenvalue weighted by molar-refractivity contribution is 6.30. The van der Waals surface area contributed by atoms with Gasteiger partial charge in [-0.2, -0.15) is 0 Å². The zero-order chi connectivity index (χ0) is 19.5. The summed E-state index contributed by atoms with van der Waals surface area (Å²) in [6.45, 7) is 0. The van der Waals surface area contributed by atoms with Gasteiger partial charge >= 0.3 is 0 Å². The molecule has 4 nitrogen and oxygen atoms in total. The van der Waals surface area contributed by atoms with Gasteiger partial charge in [0, 0.05) is 11.4 Å². The molecule has 2 atom stereocenters. The van der Waals surface area contributed by atoms with Crippen LogP contribution in [0.15, 0.2) is 72.8 Å². The second-order valence-corrected chi connectivity index (χ2v) is 7.12. The molecule has 4 rings (SSSR count). The Balaban J connectivity index is 1.56. The monoisotopic (exact) mass is 393 g/mol. The molecule has 5 heteroatoms. The number of hydrogen-bond donors (Lipinski definition) is 1. The van der Waals surface area contributed by atoms with Crippen LogP contribution in [0, 0.1) is 0 Å². The molecule has 3 aromatic rings. The smallest absolute Gasteiger partial charge is 0.262 e. The van der Waals surface area contributed by atoms with Crippen molar-refractivity contribution in [1.82, 2.24) is 5.32 Å². The molecule has 1 aliphatic rings. The SMILES string of the molecule is COc1ccc([C@H](NC(=O)[C@@H]2Cc3cc(Cl)ccc3O2)c2ccccc2)cc1. The number of benzene rings is 3. The first-order chi connectivity index (χ1) is 13.6. The Bertz CT molecular complexity index is 973. The fourth-order valence-electron chi connectivity index (χ4n) is 3.40. The predicted octanol–water partition coefficient (Wildman–Crippen LogP) is 4.56. The highest BCUT2D eigenvalue weighted by atomic mass is 35.5. The molecular formula is C23H20ClNO3. The first kappa shape index (κ1) is 18.4. The van der Waals surface area contributed by atoms with Crippen LogP contribution in [-0.4, -0.2) is 19.1 Å². The van der Waals surface area contributed by atoms with Crippen molar-refractivity contribution in [2.24, 2.45) is 0 Å². The minimum atomic E-state index is -0.571. The van der Waals surface area contributed by atoms with Crippen molar-refractivity contribution in [3.05, 3.63) is 94.5 Å². The summed E-state index contributed by atoms with van der Waals surface area (Å²) in [7, 11) is 1.63. The molecule has 142 valence electrons. The quantitative estimate of drug-likeness (QED) is 0.691. The molecule has 1 aliphatic heterocycles. The van der Waals surface area contributed by atoms with Gasteiger partial charge in [0.2, 0.25) is 0 Å². The summed E-state index contributed by atoms with van der Waals surface area (Å²) in [6.07, 6.45) is -0.0656. The molecule has 0 bridgehead atoms. The lowest BCUT2D eigenvalue weighted by atomic mass is 9.98. The molecule has 1 amide bonds. The Kier molecular flexibility index (Phi) is 5.22. The Morgan fingerprint density at radius 1 is 1.07 bits per heavy atom. The van der Waals surface area contributed by atoms with Gasteiger partial charge in [-0.1, -0.05) is 54.1 Å². The van der Waals surface area contributed by atoms with Gasteiger partial charge in [0.25, 0.3) is 5.91 Å². The molecule has 0 spiro atoms. The van der Waals surface area contributed by atoms with Crippen LogP contribution in [0.3, 0.4) is 0 Å². The lowest BCUT2D eigenvalue weighted by Gasteiger charge is -2.22. The van der Waals surface area contributed by atoms with Crippen LogP contribution in [0.2, 0.25) is 5.02 Å². The third kappa shape index (κ3) is 3.82. The van der Waals surface area contributed by atoms with E-state index in [0.29, 0.717) is 17.2 Å². The highest BCUT2D eigenvalue weighted by Crippen LogP contribution is 2.32. The zero-order valence-electron chi connectivity index (χ0n) is 15.4. The fourth-order valence-corrected chi connectivity index (χ4v) is 3.59. The number of halogens is 1. The van der Waals surface area contributed by atoms with Crippen LogP contribution < -0.4 is 14.8 Å². The summed E-state index contributed by atoms with van der Waals surface area (Å²) < 4.78 is 11.1. The van der Waals surface area contributed by atoms with Gasteiger partial charge < -0.3 is 14.8 Å². The topological polar surface area (TPSA) is 47.6 Å². The van der Waals surface area contributed by atoms with E-state index in [1.165, 1.54) is 0 Å². The first-order valence-electron chi connectivity index (χ1n) is 9.08. The minimum absolute atomic E-state index is 0.156. The van der Waals surface area contributed by atoms with Crippen molar-refractivity contribution in [2.45, 2.75) is 18.6 Å². The summed E-state index contributed by atoms with van der Waals surface area (Å²) in [5.41, 5.74) is 2.92. The van der Waals surface area contributed by atoms with Gasteiger partial charge in [-0.05, 0) is 47.0 Å². The molecule has 0 aromatic heterocycles. The number of ether oxygens (including phenoxy) is 2. The maximum absolute atomic E-state index is 13.0. The van der Waals surface area contributed by atoms with Gasteiger partial charge in [0.05, 0.1) is 13.2 Å². The molecular weight excluding hydrogens is 374 g/mol. The van der Waals surface area contributed by atoms with E-state index in [4.69, 9.17) is 21.1 Å². The van der Waals surface area contributed by atoms with Gasteiger partial charge in [-0.3, -0.25) is 4.79 Å². The van der Waals surface area contributed by atoms with Gasteiger partial charge in [-0.25, -0.2) is 0 Å². The van der Waals surface area contributed by atoms with E-state index < -0.39 is 6.10 Å². The van der Waals surface area contributed by atoms with Crippen molar-refractivity contribution < 1.29 is 14.3 Å². The van der Waals surface area contributed by atoms with E-state index >= 15 is 0 Å². The Labute approximate surface area is 169 Å². The second-order valence-electron chi connectivity index (χ2n) is 6.69. The number of fused-ring (bicyclic) bond motifs is 1. The van der Waals surface area contributed by atoms with E-state index in [1.54, 1.807) is 13.2 Å². The molecule has 0 saturated carbocycles. The lowest BCUT2D eigenvalue weighted by molar-refractivity contribution is -0.127. The molecule has 0 fully saturated rings. The highest BCUT2D eigenvalue weighted by Gasteiger charge is 2.31. The predicted molar refractivity (Wildman–Crippen MR) is 109 cm³/mol. The summed E-state index contributed by atoms with van der Waals surface area (Å²) >= 11 is 6.05.